The number of carbonyl (C=O) groups excluding carboxylic acids is 2. The minimum Gasteiger partial charge on any atom is -0.463 e. The van der Waals surface area contributed by atoms with Crippen LogP contribution in [0.4, 0.5) is 5.69 Å². The van der Waals surface area contributed by atoms with Crippen LogP contribution in [0.1, 0.15) is 24.2 Å². The van der Waals surface area contributed by atoms with Gasteiger partial charge in [-0.05, 0) is 56.3 Å². The Hall–Kier alpha value is -3.68. The molecule has 27 heavy (non-hydrogen) atoms. The highest BCUT2D eigenvalue weighted by molar-refractivity contribution is 5.97. The molecule has 3 aromatic rings. The Morgan fingerprint density at radius 3 is 2.41 bits per heavy atom. The molecule has 0 saturated carbocycles. The Bertz CT molecular complexity index is 1030. The summed E-state index contributed by atoms with van der Waals surface area (Å²) in [6, 6.07) is 12.4. The first kappa shape index (κ1) is 18.1. The van der Waals surface area contributed by atoms with E-state index in [1.165, 1.54) is 30.5 Å². The van der Waals surface area contributed by atoms with Crippen LogP contribution in [0.3, 0.4) is 0 Å². The first-order chi connectivity index (χ1) is 12.8. The number of anilines is 1. The SMILES string of the molecule is CC(C)(C(=O)Nc1ccc(C(N)=O)cc1)n1nc(-c2ccco2)ccc1=O. The van der Waals surface area contributed by atoms with Crippen molar-refractivity contribution in [1.29, 1.82) is 0 Å². The second-order valence-corrected chi connectivity index (χ2v) is 6.40. The lowest BCUT2D eigenvalue weighted by Gasteiger charge is -2.25. The van der Waals surface area contributed by atoms with Gasteiger partial charge in [0, 0.05) is 17.3 Å². The van der Waals surface area contributed by atoms with Gasteiger partial charge >= 0.3 is 0 Å². The number of nitrogens with one attached hydrogen (secondary N) is 1. The number of furan rings is 1. The van der Waals surface area contributed by atoms with Crippen LogP contribution in [0.2, 0.25) is 0 Å². The molecule has 8 nitrogen and oxygen atoms in total. The zero-order chi connectivity index (χ0) is 19.6. The lowest BCUT2D eigenvalue weighted by Crippen LogP contribution is -2.47. The van der Waals surface area contributed by atoms with Crippen LogP contribution in [0.5, 0.6) is 0 Å². The summed E-state index contributed by atoms with van der Waals surface area (Å²) in [4.78, 5) is 36.2. The molecule has 0 bridgehead atoms. The largest absolute Gasteiger partial charge is 0.463 e. The molecule has 3 N–H and O–H groups in total. The maximum atomic E-state index is 12.8. The smallest absolute Gasteiger partial charge is 0.267 e. The highest BCUT2D eigenvalue weighted by Gasteiger charge is 2.32. The highest BCUT2D eigenvalue weighted by Crippen LogP contribution is 2.20. The Morgan fingerprint density at radius 2 is 1.81 bits per heavy atom. The number of carbonyl (C=O) groups is 2. The van der Waals surface area contributed by atoms with Crippen molar-refractivity contribution in [2.24, 2.45) is 5.73 Å². The monoisotopic (exact) mass is 366 g/mol. The first-order valence-electron chi connectivity index (χ1n) is 8.15. The van der Waals surface area contributed by atoms with Gasteiger partial charge in [-0.2, -0.15) is 5.10 Å². The molecule has 8 heteroatoms. The number of nitrogens with two attached hydrogens (primary N) is 1. The predicted octanol–water partition coefficient (Wildman–Crippen LogP) is 1.98. The third-order valence-electron chi connectivity index (χ3n) is 4.09. The van der Waals surface area contributed by atoms with Gasteiger partial charge < -0.3 is 15.5 Å². The number of benzene rings is 1. The van der Waals surface area contributed by atoms with Gasteiger partial charge in [-0.25, -0.2) is 4.68 Å². The average Bonchev–Trinajstić information content (AvgIpc) is 3.17. The molecule has 0 aliphatic carbocycles. The van der Waals surface area contributed by atoms with Crippen LogP contribution in [0, 0.1) is 0 Å². The number of amides is 2. The number of primary amides is 1. The van der Waals surface area contributed by atoms with E-state index >= 15 is 0 Å². The van der Waals surface area contributed by atoms with Crippen molar-refractivity contribution in [2.45, 2.75) is 19.4 Å². The molecular formula is C19H18N4O4. The maximum Gasteiger partial charge on any atom is 0.267 e. The standard InChI is InChI=1S/C19H18N4O4/c1-19(2,18(26)21-13-7-5-12(6-8-13)17(20)25)23-16(24)10-9-14(22-23)15-4-3-11-27-15/h3-11H,1-2H3,(H2,20,25)(H,21,26). The molecule has 3 rings (SSSR count). The summed E-state index contributed by atoms with van der Waals surface area (Å²) < 4.78 is 6.41. The number of aromatic nitrogens is 2. The zero-order valence-electron chi connectivity index (χ0n) is 14.8. The van der Waals surface area contributed by atoms with E-state index < -0.39 is 22.9 Å². The van der Waals surface area contributed by atoms with Crippen LogP contribution < -0.4 is 16.6 Å². The molecule has 2 aromatic heterocycles. The summed E-state index contributed by atoms with van der Waals surface area (Å²) in [5.41, 5.74) is 4.74. The normalized spacial score (nSPS) is 11.2. The van der Waals surface area contributed by atoms with E-state index in [4.69, 9.17) is 10.2 Å². The minimum absolute atomic E-state index is 0.330. The summed E-state index contributed by atoms with van der Waals surface area (Å²) in [5, 5.41) is 6.99. The first-order valence-corrected chi connectivity index (χ1v) is 8.15. The van der Waals surface area contributed by atoms with E-state index in [0.29, 0.717) is 22.7 Å². The topological polar surface area (TPSA) is 120 Å². The Labute approximate surface area is 154 Å². The number of rotatable bonds is 5. The Balaban J connectivity index is 1.89. The molecule has 0 unspecified atom stereocenters. The van der Waals surface area contributed by atoms with Crippen molar-refractivity contribution in [2.75, 3.05) is 5.32 Å². The fraction of sp³-hybridized carbons (Fsp3) is 0.158. The summed E-state index contributed by atoms with van der Waals surface area (Å²) in [5.74, 6) is -0.513. The molecule has 138 valence electrons. The third-order valence-corrected chi connectivity index (χ3v) is 4.09. The Morgan fingerprint density at radius 1 is 1.11 bits per heavy atom. The quantitative estimate of drug-likeness (QED) is 0.715. The molecule has 0 aliphatic rings. The number of hydrogen-bond donors (Lipinski definition) is 2. The minimum atomic E-state index is -1.28. The zero-order valence-corrected chi connectivity index (χ0v) is 14.8. The van der Waals surface area contributed by atoms with Gasteiger partial charge in [0.15, 0.2) is 5.76 Å². The van der Waals surface area contributed by atoms with Crippen molar-refractivity contribution in [3.05, 3.63) is 70.7 Å². The third kappa shape index (κ3) is 3.64. The van der Waals surface area contributed by atoms with E-state index in [0.717, 1.165) is 4.68 Å². The Kier molecular flexibility index (Phi) is 4.64. The van der Waals surface area contributed by atoms with E-state index in [1.807, 2.05) is 0 Å². The molecule has 2 amide bonds. The fourth-order valence-electron chi connectivity index (χ4n) is 2.47. The fourth-order valence-corrected chi connectivity index (χ4v) is 2.47. The second kappa shape index (κ2) is 6.91. The van der Waals surface area contributed by atoms with Gasteiger partial charge in [-0.15, -0.1) is 0 Å². The molecule has 0 saturated heterocycles. The highest BCUT2D eigenvalue weighted by atomic mass is 16.3. The number of nitrogens with zero attached hydrogens (tertiary/aromatic N) is 2. The lowest BCUT2D eigenvalue weighted by atomic mass is 10.0. The van der Waals surface area contributed by atoms with Gasteiger partial charge in [0.1, 0.15) is 11.2 Å². The summed E-state index contributed by atoms with van der Waals surface area (Å²) in [7, 11) is 0. The molecule has 0 spiro atoms. The summed E-state index contributed by atoms with van der Waals surface area (Å²) in [6.45, 7) is 3.17. The average molecular weight is 366 g/mol. The van der Waals surface area contributed by atoms with Crippen molar-refractivity contribution >= 4 is 17.5 Å². The molecular weight excluding hydrogens is 348 g/mol. The van der Waals surface area contributed by atoms with Gasteiger partial charge in [-0.1, -0.05) is 0 Å². The maximum absolute atomic E-state index is 12.8. The van der Waals surface area contributed by atoms with Crippen LogP contribution in [-0.2, 0) is 10.3 Å². The van der Waals surface area contributed by atoms with Gasteiger partial charge in [-0.3, -0.25) is 14.4 Å². The molecule has 0 atom stereocenters. The molecule has 0 radical (unpaired) electrons. The van der Waals surface area contributed by atoms with E-state index in [9.17, 15) is 14.4 Å². The molecule has 0 fully saturated rings. The van der Waals surface area contributed by atoms with Gasteiger partial charge in [0.2, 0.25) is 5.91 Å². The lowest BCUT2D eigenvalue weighted by molar-refractivity contribution is -0.123. The van der Waals surface area contributed by atoms with Crippen LogP contribution in [0.15, 0.2) is 64.0 Å². The van der Waals surface area contributed by atoms with Crippen molar-refractivity contribution in [3.8, 4) is 11.5 Å². The molecule has 0 aliphatic heterocycles. The van der Waals surface area contributed by atoms with Gasteiger partial charge in [0.25, 0.3) is 11.5 Å². The van der Waals surface area contributed by atoms with E-state index in [1.54, 1.807) is 38.1 Å². The van der Waals surface area contributed by atoms with Crippen LogP contribution >= 0.6 is 0 Å². The molecule has 1 aromatic carbocycles. The van der Waals surface area contributed by atoms with Crippen molar-refractivity contribution in [3.63, 3.8) is 0 Å². The summed E-state index contributed by atoms with van der Waals surface area (Å²) >= 11 is 0. The van der Waals surface area contributed by atoms with Crippen molar-refractivity contribution < 1.29 is 14.0 Å². The van der Waals surface area contributed by atoms with Crippen LogP contribution in [-0.4, -0.2) is 21.6 Å². The summed E-state index contributed by atoms with van der Waals surface area (Å²) in [6.07, 6.45) is 1.50. The predicted molar refractivity (Wildman–Crippen MR) is 99.1 cm³/mol. The van der Waals surface area contributed by atoms with Crippen molar-refractivity contribution in [1.82, 2.24) is 9.78 Å². The van der Waals surface area contributed by atoms with E-state index in [2.05, 4.69) is 10.4 Å². The van der Waals surface area contributed by atoms with E-state index in [-0.39, 0.29) is 0 Å². The van der Waals surface area contributed by atoms with Gasteiger partial charge in [0.05, 0.1) is 6.26 Å². The molecule has 2 heterocycles. The second-order valence-electron chi connectivity index (χ2n) is 6.40. The van der Waals surface area contributed by atoms with Crippen LogP contribution in [0.25, 0.3) is 11.5 Å². The number of hydrogen-bond acceptors (Lipinski definition) is 5.